The fraction of sp³-hybridized carbons (Fsp3) is 0.800. The lowest BCUT2D eigenvalue weighted by atomic mass is 9.47. The lowest BCUT2D eigenvalue weighted by Crippen LogP contribution is -2.59. The van der Waals surface area contributed by atoms with E-state index in [9.17, 15) is 14.7 Å². The van der Waals surface area contributed by atoms with Crippen molar-refractivity contribution in [2.45, 2.75) is 58.4 Å². The molecule has 2 unspecified atom stereocenters. The molecule has 0 radical (unpaired) electrons. The molecule has 4 aliphatic rings. The Kier molecular flexibility index (Phi) is 3.43. The van der Waals surface area contributed by atoms with Crippen molar-refractivity contribution in [3.05, 3.63) is 12.2 Å². The van der Waals surface area contributed by atoms with E-state index in [4.69, 9.17) is 0 Å². The monoisotopic (exact) mass is 331 g/mol. The summed E-state index contributed by atoms with van der Waals surface area (Å²) in [4.78, 5) is 25.8. The number of carboxylic acids is 1. The van der Waals surface area contributed by atoms with Crippen LogP contribution in [0.15, 0.2) is 12.2 Å². The Bertz CT molecular complexity index is 614. The van der Waals surface area contributed by atoms with Crippen molar-refractivity contribution in [3.8, 4) is 0 Å². The molecule has 1 amide bonds. The zero-order chi connectivity index (χ0) is 17.3. The lowest BCUT2D eigenvalue weighted by molar-refractivity contribution is -0.152. The Morgan fingerprint density at radius 1 is 1.17 bits per heavy atom. The molecule has 0 aromatic carbocycles. The zero-order valence-corrected chi connectivity index (χ0v) is 15.0. The van der Waals surface area contributed by atoms with Crippen molar-refractivity contribution >= 4 is 11.9 Å². The highest BCUT2D eigenvalue weighted by atomic mass is 16.4. The van der Waals surface area contributed by atoms with Gasteiger partial charge in [-0.2, -0.15) is 0 Å². The Balaban J connectivity index is 1.68. The summed E-state index contributed by atoms with van der Waals surface area (Å²) in [6.45, 7) is 4.57. The van der Waals surface area contributed by atoms with Crippen LogP contribution in [0.2, 0.25) is 0 Å². The molecule has 0 bridgehead atoms. The summed E-state index contributed by atoms with van der Waals surface area (Å²) in [5.41, 5.74) is 0.0184. The number of aliphatic carboxylic acids is 1. The molecular formula is C20H29NO3. The molecule has 24 heavy (non-hydrogen) atoms. The molecule has 0 aromatic rings. The fourth-order valence-corrected chi connectivity index (χ4v) is 7.14. The second kappa shape index (κ2) is 5.09. The van der Waals surface area contributed by atoms with Crippen LogP contribution >= 0.6 is 0 Å². The van der Waals surface area contributed by atoms with E-state index < -0.39 is 5.97 Å². The summed E-state index contributed by atoms with van der Waals surface area (Å²) in [5.74, 6) is 1.09. The number of carbonyl (C=O) groups is 2. The van der Waals surface area contributed by atoms with Crippen molar-refractivity contribution in [3.63, 3.8) is 0 Å². The molecule has 4 heteroatoms. The summed E-state index contributed by atoms with van der Waals surface area (Å²) < 4.78 is 0. The van der Waals surface area contributed by atoms with Crippen LogP contribution in [0.5, 0.6) is 0 Å². The van der Waals surface area contributed by atoms with Crippen LogP contribution in [-0.4, -0.2) is 35.0 Å². The number of likely N-dealkylation sites (N-methyl/N-ethyl adjacent to an activating group) is 1. The third-order valence-electron chi connectivity index (χ3n) is 8.43. The maximum atomic E-state index is 12.1. The van der Waals surface area contributed by atoms with E-state index in [0.29, 0.717) is 23.8 Å². The quantitative estimate of drug-likeness (QED) is 0.802. The van der Waals surface area contributed by atoms with Gasteiger partial charge in [-0.15, -0.1) is 0 Å². The van der Waals surface area contributed by atoms with Crippen LogP contribution in [0.4, 0.5) is 0 Å². The first kappa shape index (κ1) is 16.2. The smallest absolute Gasteiger partial charge is 0.307 e. The molecule has 3 saturated carbocycles. The normalized spacial score (nSPS) is 50.2. The van der Waals surface area contributed by atoms with Gasteiger partial charge < -0.3 is 10.0 Å². The zero-order valence-electron chi connectivity index (χ0n) is 15.0. The minimum Gasteiger partial charge on any atom is -0.481 e. The summed E-state index contributed by atoms with van der Waals surface area (Å²) in [6, 6.07) is 0.303. The first-order chi connectivity index (χ1) is 11.3. The average molecular weight is 331 g/mol. The summed E-state index contributed by atoms with van der Waals surface area (Å²) in [6.07, 6.45) is 10.2. The van der Waals surface area contributed by atoms with E-state index in [2.05, 4.69) is 19.9 Å². The molecule has 1 N–H and O–H groups in total. The molecule has 1 heterocycles. The van der Waals surface area contributed by atoms with E-state index in [1.54, 1.807) is 6.08 Å². The van der Waals surface area contributed by atoms with Crippen LogP contribution in [0.1, 0.15) is 52.4 Å². The lowest BCUT2D eigenvalue weighted by Gasteiger charge is -2.60. The van der Waals surface area contributed by atoms with Gasteiger partial charge in [0.15, 0.2) is 0 Å². The third-order valence-corrected chi connectivity index (χ3v) is 8.43. The number of rotatable bonds is 1. The summed E-state index contributed by atoms with van der Waals surface area (Å²) >= 11 is 0. The van der Waals surface area contributed by atoms with E-state index in [0.717, 1.165) is 38.5 Å². The van der Waals surface area contributed by atoms with Gasteiger partial charge in [0.05, 0.1) is 5.92 Å². The van der Waals surface area contributed by atoms with Crippen molar-refractivity contribution in [1.82, 2.24) is 4.90 Å². The maximum Gasteiger partial charge on any atom is 0.307 e. The molecule has 3 fully saturated rings. The number of amides is 1. The Hall–Kier alpha value is -1.32. The van der Waals surface area contributed by atoms with Gasteiger partial charge in [-0.25, -0.2) is 0 Å². The largest absolute Gasteiger partial charge is 0.481 e. The molecule has 7 atom stereocenters. The fourth-order valence-electron chi connectivity index (χ4n) is 7.14. The highest BCUT2D eigenvalue weighted by Gasteiger charge is 2.61. The average Bonchev–Trinajstić information content (AvgIpc) is 2.89. The molecule has 132 valence electrons. The molecule has 4 nitrogen and oxygen atoms in total. The SMILES string of the molecule is CN1C(=O)C=C[C@]2(C)C3CC[C@]4(C)[C@@H](C(=O)O)CC[C@H]4C3CC[C@@H]12. The van der Waals surface area contributed by atoms with Gasteiger partial charge in [-0.05, 0) is 67.8 Å². The van der Waals surface area contributed by atoms with Crippen molar-refractivity contribution in [2.75, 3.05) is 7.05 Å². The van der Waals surface area contributed by atoms with Gasteiger partial charge >= 0.3 is 5.97 Å². The first-order valence-corrected chi connectivity index (χ1v) is 9.48. The van der Waals surface area contributed by atoms with E-state index in [-0.39, 0.29) is 22.7 Å². The van der Waals surface area contributed by atoms with Crippen LogP contribution in [-0.2, 0) is 9.59 Å². The molecule has 3 aliphatic carbocycles. The second-order valence-corrected chi connectivity index (χ2v) is 9.13. The third kappa shape index (κ3) is 1.91. The number of nitrogens with zero attached hydrogens (tertiary/aromatic N) is 1. The van der Waals surface area contributed by atoms with Crippen LogP contribution in [0, 0.1) is 34.5 Å². The molecule has 1 aliphatic heterocycles. The highest BCUT2D eigenvalue weighted by molar-refractivity contribution is 5.89. The predicted octanol–water partition coefficient (Wildman–Crippen LogP) is 3.33. The van der Waals surface area contributed by atoms with Gasteiger partial charge in [-0.1, -0.05) is 19.9 Å². The summed E-state index contributed by atoms with van der Waals surface area (Å²) in [5, 5.41) is 9.66. The van der Waals surface area contributed by atoms with Gasteiger partial charge in [0.1, 0.15) is 0 Å². The molecule has 4 rings (SSSR count). The molecule has 0 spiro atoms. The summed E-state index contributed by atoms with van der Waals surface area (Å²) in [7, 11) is 1.94. The van der Waals surface area contributed by atoms with Crippen LogP contribution in [0.3, 0.4) is 0 Å². The first-order valence-electron chi connectivity index (χ1n) is 9.48. The minimum atomic E-state index is -0.596. The Morgan fingerprint density at radius 3 is 2.62 bits per heavy atom. The van der Waals surface area contributed by atoms with Gasteiger partial charge in [0.25, 0.3) is 0 Å². The van der Waals surface area contributed by atoms with E-state index in [1.165, 1.54) is 0 Å². The standard InChI is InChI=1S/C20H29NO3/c1-19-10-8-14-12(13(19)5-6-15(19)18(23)24)4-7-16-20(14,2)11-9-17(22)21(16)3/h9,11-16H,4-8,10H2,1-3H3,(H,23,24)/t12?,13-,14?,15+,16+,19-,20+/m0/s1. The Morgan fingerprint density at radius 2 is 1.92 bits per heavy atom. The molecule has 0 aromatic heterocycles. The van der Waals surface area contributed by atoms with Crippen molar-refractivity contribution < 1.29 is 14.7 Å². The van der Waals surface area contributed by atoms with Gasteiger partial charge in [-0.3, -0.25) is 9.59 Å². The van der Waals surface area contributed by atoms with Crippen LogP contribution in [0.25, 0.3) is 0 Å². The van der Waals surface area contributed by atoms with E-state index >= 15 is 0 Å². The molecular weight excluding hydrogens is 302 g/mol. The van der Waals surface area contributed by atoms with Crippen molar-refractivity contribution in [1.29, 1.82) is 0 Å². The highest BCUT2D eigenvalue weighted by Crippen LogP contribution is 2.65. The molecule has 0 saturated heterocycles. The number of fused-ring (bicyclic) bond motifs is 5. The second-order valence-electron chi connectivity index (χ2n) is 9.13. The Labute approximate surface area is 144 Å². The number of hydrogen-bond donors (Lipinski definition) is 1. The number of carboxylic acid groups (broad SMARTS) is 1. The minimum absolute atomic E-state index is 0.0314. The van der Waals surface area contributed by atoms with Crippen LogP contribution < -0.4 is 0 Å². The van der Waals surface area contributed by atoms with Crippen molar-refractivity contribution in [2.24, 2.45) is 34.5 Å². The number of hydrogen-bond acceptors (Lipinski definition) is 2. The maximum absolute atomic E-state index is 12.1. The van der Waals surface area contributed by atoms with E-state index in [1.807, 2.05) is 11.9 Å². The number of carbonyl (C=O) groups excluding carboxylic acids is 1. The topological polar surface area (TPSA) is 57.6 Å². The van der Waals surface area contributed by atoms with Gasteiger partial charge in [0.2, 0.25) is 5.91 Å². The van der Waals surface area contributed by atoms with Gasteiger partial charge in [0, 0.05) is 18.5 Å². The predicted molar refractivity (Wildman–Crippen MR) is 91.2 cm³/mol.